The Morgan fingerprint density at radius 1 is 1.30 bits per heavy atom. The molecule has 5 heteroatoms. The van der Waals surface area contributed by atoms with Crippen LogP contribution in [0.2, 0.25) is 0 Å². The zero-order valence-corrected chi connectivity index (χ0v) is 12.0. The molecule has 0 aromatic heterocycles. The van der Waals surface area contributed by atoms with Crippen LogP contribution in [0.25, 0.3) is 6.08 Å². The number of rotatable bonds is 7. The molecule has 1 aromatic carbocycles. The highest BCUT2D eigenvalue weighted by atomic mass is 16.7. The third-order valence-electron chi connectivity index (χ3n) is 2.71. The molecule has 0 aliphatic heterocycles. The van der Waals surface area contributed by atoms with E-state index in [4.69, 9.17) is 4.84 Å². The molecule has 0 N–H and O–H groups in total. The minimum absolute atomic E-state index is 0.101. The molecular formula is C15H20N2O3. The number of hydrogen-bond acceptors (Lipinski definition) is 4. The van der Waals surface area contributed by atoms with Gasteiger partial charge in [0.05, 0.1) is 0 Å². The Hall–Kier alpha value is -1.98. The fourth-order valence-electron chi connectivity index (χ4n) is 1.35. The van der Waals surface area contributed by atoms with Crippen LogP contribution in [0, 0.1) is 0 Å². The zero-order chi connectivity index (χ0) is 15.0. The van der Waals surface area contributed by atoms with Crippen molar-refractivity contribution in [2.75, 3.05) is 20.6 Å². The summed E-state index contributed by atoms with van der Waals surface area (Å²) in [4.78, 5) is 29.9. The van der Waals surface area contributed by atoms with Crippen molar-refractivity contribution in [2.24, 2.45) is 0 Å². The molecule has 20 heavy (non-hydrogen) atoms. The largest absolute Gasteiger partial charge is 0.301 e. The molecule has 0 spiro atoms. The minimum Gasteiger partial charge on any atom is -0.301 e. The minimum atomic E-state index is -0.366. The summed E-state index contributed by atoms with van der Waals surface area (Å²) in [5.74, 6) is -0.366. The van der Waals surface area contributed by atoms with Gasteiger partial charge in [-0.05, 0) is 32.7 Å². The van der Waals surface area contributed by atoms with Crippen molar-refractivity contribution < 1.29 is 14.4 Å². The molecule has 1 amide bonds. The molecule has 0 aliphatic rings. The van der Waals surface area contributed by atoms with E-state index in [1.165, 1.54) is 6.08 Å². The molecule has 1 atom stereocenters. The molecule has 0 heterocycles. The maximum atomic E-state index is 12.0. The SMILES string of the molecule is CC(ON(CC=O)C(=O)/C=C/c1ccccc1)N(C)C. The van der Waals surface area contributed by atoms with E-state index in [2.05, 4.69) is 0 Å². The van der Waals surface area contributed by atoms with E-state index in [0.717, 1.165) is 10.6 Å². The highest BCUT2D eigenvalue weighted by Crippen LogP contribution is 2.04. The third-order valence-corrected chi connectivity index (χ3v) is 2.71. The van der Waals surface area contributed by atoms with Crippen molar-refractivity contribution in [1.82, 2.24) is 9.96 Å². The summed E-state index contributed by atoms with van der Waals surface area (Å²) in [6, 6.07) is 9.45. The molecule has 0 saturated heterocycles. The van der Waals surface area contributed by atoms with Gasteiger partial charge in [-0.2, -0.15) is 0 Å². The second-order valence-electron chi connectivity index (χ2n) is 4.48. The maximum absolute atomic E-state index is 12.0. The molecule has 1 rings (SSSR count). The monoisotopic (exact) mass is 276 g/mol. The van der Waals surface area contributed by atoms with Crippen molar-refractivity contribution in [1.29, 1.82) is 0 Å². The topological polar surface area (TPSA) is 49.9 Å². The normalized spacial score (nSPS) is 12.6. The molecule has 5 nitrogen and oxygen atoms in total. The maximum Gasteiger partial charge on any atom is 0.270 e. The molecule has 0 fully saturated rings. The summed E-state index contributed by atoms with van der Waals surface area (Å²) in [5, 5.41) is 1.05. The first kappa shape index (κ1) is 16.1. The Bertz CT molecular complexity index is 457. The number of carbonyl (C=O) groups excluding carboxylic acids is 2. The Morgan fingerprint density at radius 2 is 1.95 bits per heavy atom. The average molecular weight is 276 g/mol. The lowest BCUT2D eigenvalue weighted by Crippen LogP contribution is -2.39. The van der Waals surface area contributed by atoms with Gasteiger partial charge in [0.25, 0.3) is 5.91 Å². The molecule has 1 aromatic rings. The van der Waals surface area contributed by atoms with Crippen molar-refractivity contribution >= 4 is 18.3 Å². The summed E-state index contributed by atoms with van der Waals surface area (Å²) in [5.41, 5.74) is 0.910. The van der Waals surface area contributed by atoms with E-state index in [1.54, 1.807) is 17.9 Å². The summed E-state index contributed by atoms with van der Waals surface area (Å²) in [6.45, 7) is 1.70. The van der Waals surface area contributed by atoms with E-state index in [-0.39, 0.29) is 18.7 Å². The first-order chi connectivity index (χ1) is 9.54. The molecule has 0 aliphatic carbocycles. The fraction of sp³-hybridized carbons (Fsp3) is 0.333. The summed E-state index contributed by atoms with van der Waals surface area (Å²) in [7, 11) is 3.65. The molecular weight excluding hydrogens is 256 g/mol. The van der Waals surface area contributed by atoms with Gasteiger partial charge in [-0.15, -0.1) is 0 Å². The lowest BCUT2D eigenvalue weighted by Gasteiger charge is -2.26. The van der Waals surface area contributed by atoms with Gasteiger partial charge in [-0.3, -0.25) is 14.5 Å². The summed E-state index contributed by atoms with van der Waals surface area (Å²) >= 11 is 0. The van der Waals surface area contributed by atoms with Gasteiger partial charge in [0.2, 0.25) is 0 Å². The number of aldehydes is 1. The second kappa shape index (κ2) is 8.24. The second-order valence-corrected chi connectivity index (χ2v) is 4.48. The number of carbonyl (C=O) groups is 2. The first-order valence-electron chi connectivity index (χ1n) is 6.36. The fourth-order valence-corrected chi connectivity index (χ4v) is 1.35. The van der Waals surface area contributed by atoms with Gasteiger partial charge in [-0.25, -0.2) is 5.06 Å². The lowest BCUT2D eigenvalue weighted by atomic mass is 10.2. The first-order valence-corrected chi connectivity index (χ1v) is 6.36. The van der Waals surface area contributed by atoms with Gasteiger partial charge in [0.15, 0.2) is 0 Å². The van der Waals surface area contributed by atoms with Crippen LogP contribution < -0.4 is 0 Å². The highest BCUT2D eigenvalue weighted by Gasteiger charge is 2.16. The van der Waals surface area contributed by atoms with Crippen molar-refractivity contribution in [2.45, 2.75) is 13.2 Å². The molecule has 108 valence electrons. The quantitative estimate of drug-likeness (QED) is 0.328. The number of benzene rings is 1. The Labute approximate surface area is 119 Å². The Kier molecular flexibility index (Phi) is 6.63. The van der Waals surface area contributed by atoms with Crippen LogP contribution in [0.3, 0.4) is 0 Å². The summed E-state index contributed by atoms with van der Waals surface area (Å²) in [6.07, 6.45) is 3.41. The van der Waals surface area contributed by atoms with Crippen LogP contribution in [0.5, 0.6) is 0 Å². The van der Waals surface area contributed by atoms with E-state index in [9.17, 15) is 9.59 Å². The average Bonchev–Trinajstić information content (AvgIpc) is 2.45. The zero-order valence-electron chi connectivity index (χ0n) is 12.0. The Balaban J connectivity index is 2.69. The van der Waals surface area contributed by atoms with Gasteiger partial charge in [0.1, 0.15) is 19.1 Å². The number of amides is 1. The predicted octanol–water partition coefficient (Wildman–Crippen LogP) is 1.57. The smallest absolute Gasteiger partial charge is 0.270 e. The Morgan fingerprint density at radius 3 is 2.50 bits per heavy atom. The van der Waals surface area contributed by atoms with Crippen LogP contribution in [0.15, 0.2) is 36.4 Å². The van der Waals surface area contributed by atoms with Crippen molar-refractivity contribution in [3.05, 3.63) is 42.0 Å². The molecule has 0 radical (unpaired) electrons. The van der Waals surface area contributed by atoms with Gasteiger partial charge in [-0.1, -0.05) is 30.3 Å². The van der Waals surface area contributed by atoms with Crippen LogP contribution in [0.4, 0.5) is 0 Å². The van der Waals surface area contributed by atoms with E-state index < -0.39 is 0 Å². The van der Waals surface area contributed by atoms with Gasteiger partial charge in [0, 0.05) is 6.08 Å². The van der Waals surface area contributed by atoms with Gasteiger partial charge >= 0.3 is 0 Å². The summed E-state index contributed by atoms with van der Waals surface area (Å²) < 4.78 is 0. The van der Waals surface area contributed by atoms with E-state index in [0.29, 0.717) is 6.29 Å². The number of nitrogens with zero attached hydrogens (tertiary/aromatic N) is 2. The van der Waals surface area contributed by atoms with Crippen molar-refractivity contribution in [3.8, 4) is 0 Å². The highest BCUT2D eigenvalue weighted by molar-refractivity contribution is 5.92. The molecule has 0 bridgehead atoms. The molecule has 0 saturated carbocycles. The van der Waals surface area contributed by atoms with E-state index >= 15 is 0 Å². The lowest BCUT2D eigenvalue weighted by molar-refractivity contribution is -0.219. The van der Waals surface area contributed by atoms with Crippen LogP contribution in [0.1, 0.15) is 12.5 Å². The standard InChI is InChI=1S/C15H20N2O3/c1-13(16(2)3)20-17(11-12-18)15(19)10-9-14-7-5-4-6-8-14/h4-10,12-13H,11H2,1-3H3/b10-9+. The van der Waals surface area contributed by atoms with Crippen LogP contribution >= 0.6 is 0 Å². The van der Waals surface area contributed by atoms with Crippen molar-refractivity contribution in [3.63, 3.8) is 0 Å². The molecule has 1 unspecified atom stereocenters. The van der Waals surface area contributed by atoms with Crippen LogP contribution in [-0.2, 0) is 14.4 Å². The predicted molar refractivity (Wildman–Crippen MR) is 77.5 cm³/mol. The van der Waals surface area contributed by atoms with Gasteiger partial charge < -0.3 is 4.79 Å². The third kappa shape index (κ3) is 5.34. The van der Waals surface area contributed by atoms with Crippen LogP contribution in [-0.4, -0.2) is 49.0 Å². The number of hydroxylamine groups is 2. The number of hydrogen-bond donors (Lipinski definition) is 0. The van der Waals surface area contributed by atoms with E-state index in [1.807, 2.05) is 44.4 Å².